The number of hydrogen-bond donors (Lipinski definition) is 1. The lowest BCUT2D eigenvalue weighted by Gasteiger charge is -2.13. The van der Waals surface area contributed by atoms with Crippen LogP contribution >= 0.6 is 22.7 Å². The quantitative estimate of drug-likeness (QED) is 0.764. The topological polar surface area (TPSA) is 29.9 Å². The SMILES string of the molecule is CNC(Cc1ccn(C(C)C)n1)c1cc2sccc2s1. The summed E-state index contributed by atoms with van der Waals surface area (Å²) in [7, 11) is 2.03. The molecule has 0 bridgehead atoms. The molecular weight excluding hydrogens is 286 g/mol. The molecule has 0 aliphatic rings. The van der Waals surface area contributed by atoms with Gasteiger partial charge >= 0.3 is 0 Å². The van der Waals surface area contributed by atoms with Gasteiger partial charge in [-0.2, -0.15) is 5.10 Å². The third kappa shape index (κ3) is 2.66. The van der Waals surface area contributed by atoms with E-state index in [0.717, 1.165) is 12.1 Å². The van der Waals surface area contributed by atoms with Crippen LogP contribution in [0.4, 0.5) is 0 Å². The molecule has 3 aromatic heterocycles. The Morgan fingerprint density at radius 1 is 1.30 bits per heavy atom. The van der Waals surface area contributed by atoms with Gasteiger partial charge in [0, 0.05) is 39.0 Å². The molecule has 3 rings (SSSR count). The molecule has 0 spiro atoms. The minimum absolute atomic E-state index is 0.343. The molecule has 20 heavy (non-hydrogen) atoms. The fourth-order valence-corrected chi connectivity index (χ4v) is 4.51. The summed E-state index contributed by atoms with van der Waals surface area (Å²) in [5.74, 6) is 0. The maximum absolute atomic E-state index is 4.65. The molecule has 0 amide bonds. The number of thiophene rings is 2. The van der Waals surface area contributed by atoms with Gasteiger partial charge in [0.15, 0.2) is 0 Å². The van der Waals surface area contributed by atoms with E-state index in [2.05, 4.69) is 54.0 Å². The molecule has 0 aliphatic heterocycles. The third-order valence-electron chi connectivity index (χ3n) is 3.46. The molecule has 3 nitrogen and oxygen atoms in total. The summed E-state index contributed by atoms with van der Waals surface area (Å²) in [6.45, 7) is 4.30. The van der Waals surface area contributed by atoms with Crippen molar-refractivity contribution in [2.45, 2.75) is 32.4 Å². The Kier molecular flexibility index (Phi) is 3.92. The van der Waals surface area contributed by atoms with Gasteiger partial charge in [0.2, 0.25) is 0 Å². The zero-order chi connectivity index (χ0) is 14.1. The van der Waals surface area contributed by atoms with Crippen molar-refractivity contribution in [3.05, 3.63) is 40.3 Å². The molecule has 0 aromatic carbocycles. The third-order valence-corrected chi connectivity index (χ3v) is 5.66. The largest absolute Gasteiger partial charge is 0.312 e. The van der Waals surface area contributed by atoms with Gasteiger partial charge in [-0.05, 0) is 44.5 Å². The van der Waals surface area contributed by atoms with Crippen LogP contribution in [0.15, 0.2) is 29.8 Å². The maximum Gasteiger partial charge on any atom is 0.0644 e. The summed E-state index contributed by atoms with van der Waals surface area (Å²) in [5.41, 5.74) is 1.15. The van der Waals surface area contributed by atoms with E-state index in [1.165, 1.54) is 14.3 Å². The van der Waals surface area contributed by atoms with Gasteiger partial charge in [-0.15, -0.1) is 22.7 Å². The lowest BCUT2D eigenvalue weighted by atomic mass is 10.1. The van der Waals surface area contributed by atoms with Crippen molar-refractivity contribution < 1.29 is 0 Å². The Morgan fingerprint density at radius 2 is 2.15 bits per heavy atom. The van der Waals surface area contributed by atoms with E-state index in [-0.39, 0.29) is 0 Å². The van der Waals surface area contributed by atoms with Gasteiger partial charge in [0.1, 0.15) is 0 Å². The first-order valence-electron chi connectivity index (χ1n) is 6.85. The van der Waals surface area contributed by atoms with Gasteiger partial charge in [-0.3, -0.25) is 4.68 Å². The second-order valence-electron chi connectivity index (χ2n) is 5.22. The Morgan fingerprint density at radius 3 is 2.80 bits per heavy atom. The molecule has 1 unspecified atom stereocenters. The van der Waals surface area contributed by atoms with E-state index in [0.29, 0.717) is 12.1 Å². The number of aromatic nitrogens is 2. The monoisotopic (exact) mass is 305 g/mol. The van der Waals surface area contributed by atoms with Gasteiger partial charge in [-0.25, -0.2) is 0 Å². The van der Waals surface area contributed by atoms with Crippen LogP contribution in [-0.4, -0.2) is 16.8 Å². The van der Waals surface area contributed by atoms with Crippen molar-refractivity contribution in [2.75, 3.05) is 7.05 Å². The van der Waals surface area contributed by atoms with Crippen LogP contribution < -0.4 is 5.32 Å². The number of hydrogen-bond acceptors (Lipinski definition) is 4. The fraction of sp³-hybridized carbons (Fsp3) is 0.400. The highest BCUT2D eigenvalue weighted by Crippen LogP contribution is 2.34. The van der Waals surface area contributed by atoms with E-state index in [1.807, 2.05) is 34.4 Å². The van der Waals surface area contributed by atoms with Crippen molar-refractivity contribution in [1.82, 2.24) is 15.1 Å². The number of likely N-dealkylation sites (N-methyl/N-ethyl adjacent to an activating group) is 1. The first kappa shape index (κ1) is 13.8. The maximum atomic E-state index is 4.65. The minimum atomic E-state index is 0.343. The number of nitrogens with one attached hydrogen (secondary N) is 1. The molecule has 0 aliphatic carbocycles. The zero-order valence-corrected chi connectivity index (χ0v) is 13.6. The van der Waals surface area contributed by atoms with Gasteiger partial charge in [0.05, 0.1) is 5.69 Å². The van der Waals surface area contributed by atoms with Gasteiger partial charge in [0.25, 0.3) is 0 Å². The molecule has 0 fully saturated rings. The second kappa shape index (κ2) is 5.68. The standard InChI is InChI=1S/C15H19N3S2/c1-10(2)18-6-4-11(17-18)8-12(16-3)14-9-15-13(20-14)5-7-19-15/h4-7,9-10,12,16H,8H2,1-3H3. The van der Waals surface area contributed by atoms with E-state index in [1.54, 1.807) is 0 Å². The predicted molar refractivity (Wildman–Crippen MR) is 87.8 cm³/mol. The Hall–Kier alpha value is -1.17. The summed E-state index contributed by atoms with van der Waals surface area (Å²) in [5, 5.41) is 10.2. The minimum Gasteiger partial charge on any atom is -0.312 e. The number of nitrogens with zero attached hydrogens (tertiary/aromatic N) is 2. The molecule has 1 N–H and O–H groups in total. The second-order valence-corrected chi connectivity index (χ2v) is 7.29. The highest BCUT2D eigenvalue weighted by Gasteiger charge is 2.15. The van der Waals surface area contributed by atoms with E-state index < -0.39 is 0 Å². The smallest absolute Gasteiger partial charge is 0.0644 e. The fourth-order valence-electron chi connectivity index (χ4n) is 2.28. The Labute approximate surface area is 127 Å². The van der Waals surface area contributed by atoms with Gasteiger partial charge < -0.3 is 5.32 Å². The van der Waals surface area contributed by atoms with Gasteiger partial charge in [-0.1, -0.05) is 0 Å². The van der Waals surface area contributed by atoms with E-state index >= 15 is 0 Å². The van der Waals surface area contributed by atoms with Crippen molar-refractivity contribution in [3.63, 3.8) is 0 Å². The lowest BCUT2D eigenvalue weighted by Crippen LogP contribution is -2.18. The first-order valence-corrected chi connectivity index (χ1v) is 8.55. The molecule has 3 heterocycles. The summed E-state index contributed by atoms with van der Waals surface area (Å²) in [4.78, 5) is 1.40. The van der Waals surface area contributed by atoms with Crippen LogP contribution in [0.3, 0.4) is 0 Å². The van der Waals surface area contributed by atoms with Crippen LogP contribution in [-0.2, 0) is 6.42 Å². The molecule has 1 atom stereocenters. The van der Waals surface area contributed by atoms with Crippen LogP contribution in [0, 0.1) is 0 Å². The van der Waals surface area contributed by atoms with Crippen molar-refractivity contribution in [2.24, 2.45) is 0 Å². The van der Waals surface area contributed by atoms with Crippen LogP contribution in [0.25, 0.3) is 9.40 Å². The number of rotatable bonds is 5. The molecule has 5 heteroatoms. The molecule has 106 valence electrons. The summed E-state index contributed by atoms with van der Waals surface area (Å²) < 4.78 is 4.80. The van der Waals surface area contributed by atoms with Crippen LogP contribution in [0.1, 0.15) is 36.5 Å². The molecule has 3 aromatic rings. The zero-order valence-electron chi connectivity index (χ0n) is 12.0. The van der Waals surface area contributed by atoms with E-state index in [9.17, 15) is 0 Å². The summed E-state index contributed by atoms with van der Waals surface area (Å²) >= 11 is 3.70. The molecular formula is C15H19N3S2. The van der Waals surface area contributed by atoms with E-state index in [4.69, 9.17) is 0 Å². The van der Waals surface area contributed by atoms with Crippen molar-refractivity contribution >= 4 is 32.1 Å². The Balaban J connectivity index is 1.80. The summed E-state index contributed by atoms with van der Waals surface area (Å²) in [6, 6.07) is 7.40. The van der Waals surface area contributed by atoms with Crippen molar-refractivity contribution in [1.29, 1.82) is 0 Å². The molecule has 0 saturated heterocycles. The van der Waals surface area contributed by atoms with Crippen LogP contribution in [0.2, 0.25) is 0 Å². The lowest BCUT2D eigenvalue weighted by molar-refractivity contribution is 0.516. The highest BCUT2D eigenvalue weighted by molar-refractivity contribution is 7.26. The average Bonchev–Trinajstić information content (AvgIpc) is 3.10. The Bertz CT molecular complexity index is 664. The normalized spacial score (nSPS) is 13.4. The first-order chi connectivity index (χ1) is 9.67. The van der Waals surface area contributed by atoms with Crippen LogP contribution in [0.5, 0.6) is 0 Å². The molecule has 0 radical (unpaired) electrons. The number of fused-ring (bicyclic) bond motifs is 1. The summed E-state index contributed by atoms with van der Waals surface area (Å²) in [6.07, 6.45) is 3.00. The average molecular weight is 305 g/mol. The molecule has 0 saturated carbocycles. The predicted octanol–water partition coefficient (Wildman–Crippen LogP) is 4.24. The van der Waals surface area contributed by atoms with Crippen molar-refractivity contribution in [3.8, 4) is 0 Å². The highest BCUT2D eigenvalue weighted by atomic mass is 32.1.